The number of nitrogens with zero attached hydrogens (tertiary/aromatic N) is 1. The van der Waals surface area contributed by atoms with E-state index < -0.39 is 16.8 Å². The molecule has 0 radical (unpaired) electrons. The van der Waals surface area contributed by atoms with Crippen LogP contribution in [0.25, 0.3) is 0 Å². The first-order valence-electron chi connectivity index (χ1n) is 5.87. The minimum atomic E-state index is -1.11. The van der Waals surface area contributed by atoms with Gasteiger partial charge in [0.1, 0.15) is 11.4 Å². The Morgan fingerprint density at radius 2 is 2.10 bits per heavy atom. The fourth-order valence-corrected chi connectivity index (χ4v) is 1.46. The van der Waals surface area contributed by atoms with Gasteiger partial charge in [-0.05, 0) is 19.1 Å². The molecule has 0 fully saturated rings. The van der Waals surface area contributed by atoms with Crippen LogP contribution in [-0.4, -0.2) is 28.5 Å². The van der Waals surface area contributed by atoms with Crippen molar-refractivity contribution in [2.24, 2.45) is 0 Å². The van der Waals surface area contributed by atoms with Crippen LogP contribution in [0, 0.1) is 10.1 Å². The van der Waals surface area contributed by atoms with Gasteiger partial charge in [-0.15, -0.1) is 0 Å². The number of benzene rings is 1. The van der Waals surface area contributed by atoms with Crippen molar-refractivity contribution in [1.82, 2.24) is 0 Å². The number of anilines is 1. The highest BCUT2D eigenvalue weighted by Gasteiger charge is 2.17. The standard InChI is InChI=1S/C12H14N2O6/c1-2-20-8-3-4-9(10(7-8)14(18)19)13-11(15)5-6-12(16)17/h3-4,7H,2,5-6H2,1H3,(H,13,15)(H,16,17). The fraction of sp³-hybridized carbons (Fsp3) is 0.333. The lowest BCUT2D eigenvalue weighted by atomic mass is 10.2. The third-order valence-corrected chi connectivity index (χ3v) is 2.32. The van der Waals surface area contributed by atoms with Crippen molar-refractivity contribution < 1.29 is 24.4 Å². The van der Waals surface area contributed by atoms with Crippen molar-refractivity contribution in [3.8, 4) is 5.75 Å². The number of nitro groups is 1. The van der Waals surface area contributed by atoms with Crippen LogP contribution in [0.4, 0.5) is 11.4 Å². The summed E-state index contributed by atoms with van der Waals surface area (Å²) in [6.07, 6.45) is -0.587. The van der Waals surface area contributed by atoms with E-state index in [1.165, 1.54) is 18.2 Å². The molecule has 0 saturated heterocycles. The number of amides is 1. The fourth-order valence-electron chi connectivity index (χ4n) is 1.46. The van der Waals surface area contributed by atoms with Gasteiger partial charge in [0, 0.05) is 6.42 Å². The highest BCUT2D eigenvalue weighted by molar-refractivity contribution is 5.94. The number of nitrogens with one attached hydrogen (secondary N) is 1. The van der Waals surface area contributed by atoms with E-state index in [0.29, 0.717) is 12.4 Å². The first kappa shape index (κ1) is 15.4. The van der Waals surface area contributed by atoms with Crippen LogP contribution in [0.15, 0.2) is 18.2 Å². The summed E-state index contributed by atoms with van der Waals surface area (Å²) in [4.78, 5) is 32.1. The Morgan fingerprint density at radius 1 is 1.40 bits per heavy atom. The first-order valence-corrected chi connectivity index (χ1v) is 5.87. The molecule has 108 valence electrons. The number of carboxylic acids is 1. The molecule has 0 aliphatic carbocycles. The molecule has 0 saturated carbocycles. The van der Waals surface area contributed by atoms with Crippen LogP contribution in [0.2, 0.25) is 0 Å². The highest BCUT2D eigenvalue weighted by atomic mass is 16.6. The lowest BCUT2D eigenvalue weighted by molar-refractivity contribution is -0.384. The molecule has 1 amide bonds. The van der Waals surface area contributed by atoms with Crippen molar-refractivity contribution in [2.75, 3.05) is 11.9 Å². The van der Waals surface area contributed by atoms with Gasteiger partial charge in [0.15, 0.2) is 0 Å². The monoisotopic (exact) mass is 282 g/mol. The number of carboxylic acid groups (broad SMARTS) is 1. The Morgan fingerprint density at radius 3 is 2.65 bits per heavy atom. The molecule has 0 aromatic heterocycles. The van der Waals surface area contributed by atoms with Gasteiger partial charge in [0.25, 0.3) is 5.69 Å². The Labute approximate surface area is 114 Å². The topological polar surface area (TPSA) is 119 Å². The maximum atomic E-state index is 11.5. The van der Waals surface area contributed by atoms with Gasteiger partial charge in [0.05, 0.1) is 24.0 Å². The number of carbonyl (C=O) groups is 2. The molecule has 0 atom stereocenters. The molecule has 1 aromatic carbocycles. The molecule has 0 bridgehead atoms. The van der Waals surface area contributed by atoms with E-state index in [9.17, 15) is 19.7 Å². The van der Waals surface area contributed by atoms with E-state index in [0.717, 1.165) is 0 Å². The molecule has 0 spiro atoms. The van der Waals surface area contributed by atoms with E-state index in [-0.39, 0.29) is 24.2 Å². The van der Waals surface area contributed by atoms with Gasteiger partial charge in [0.2, 0.25) is 5.91 Å². The van der Waals surface area contributed by atoms with Crippen molar-refractivity contribution in [2.45, 2.75) is 19.8 Å². The van der Waals surface area contributed by atoms with E-state index in [2.05, 4.69) is 5.32 Å². The summed E-state index contributed by atoms with van der Waals surface area (Å²) in [7, 11) is 0. The quantitative estimate of drug-likeness (QED) is 0.581. The number of carbonyl (C=O) groups excluding carboxylic acids is 1. The van der Waals surface area contributed by atoms with Crippen molar-refractivity contribution in [3.05, 3.63) is 28.3 Å². The second-order valence-electron chi connectivity index (χ2n) is 3.81. The maximum absolute atomic E-state index is 11.5. The normalized spacial score (nSPS) is 9.85. The molecular formula is C12H14N2O6. The Kier molecular flexibility index (Phi) is 5.45. The second kappa shape index (κ2) is 7.07. The Hall–Kier alpha value is -2.64. The second-order valence-corrected chi connectivity index (χ2v) is 3.81. The molecule has 1 rings (SSSR count). The molecule has 8 nitrogen and oxygen atoms in total. The van der Waals surface area contributed by atoms with Gasteiger partial charge in [-0.3, -0.25) is 19.7 Å². The SMILES string of the molecule is CCOc1ccc(NC(=O)CCC(=O)O)c([N+](=O)[O-])c1. The predicted molar refractivity (Wildman–Crippen MR) is 69.8 cm³/mol. The third kappa shape index (κ3) is 4.56. The average Bonchev–Trinajstić information content (AvgIpc) is 2.38. The highest BCUT2D eigenvalue weighted by Crippen LogP contribution is 2.29. The number of rotatable bonds is 7. The summed E-state index contributed by atoms with van der Waals surface area (Å²) in [5.41, 5.74) is -0.298. The van der Waals surface area contributed by atoms with Crippen LogP contribution in [0.5, 0.6) is 5.75 Å². The summed E-state index contributed by atoms with van der Waals surface area (Å²) in [5, 5.41) is 21.7. The van der Waals surface area contributed by atoms with Crippen LogP contribution in [-0.2, 0) is 9.59 Å². The molecule has 20 heavy (non-hydrogen) atoms. The zero-order valence-electron chi connectivity index (χ0n) is 10.8. The number of nitro benzene ring substituents is 1. The smallest absolute Gasteiger partial charge is 0.303 e. The van der Waals surface area contributed by atoms with E-state index in [1.807, 2.05) is 0 Å². The lowest BCUT2D eigenvalue weighted by Gasteiger charge is -2.07. The van der Waals surface area contributed by atoms with E-state index in [4.69, 9.17) is 9.84 Å². The number of ether oxygens (including phenoxy) is 1. The van der Waals surface area contributed by atoms with Crippen LogP contribution >= 0.6 is 0 Å². The lowest BCUT2D eigenvalue weighted by Crippen LogP contribution is -2.14. The summed E-state index contributed by atoms with van der Waals surface area (Å²) in [5.74, 6) is -1.39. The molecule has 0 unspecified atom stereocenters. The summed E-state index contributed by atoms with van der Waals surface area (Å²) >= 11 is 0. The number of hydrogen-bond donors (Lipinski definition) is 2. The largest absolute Gasteiger partial charge is 0.494 e. The summed E-state index contributed by atoms with van der Waals surface area (Å²) < 4.78 is 5.14. The number of hydrogen-bond acceptors (Lipinski definition) is 5. The molecule has 0 heterocycles. The molecule has 8 heteroatoms. The van der Waals surface area contributed by atoms with Crippen LogP contribution in [0.3, 0.4) is 0 Å². The molecule has 1 aromatic rings. The molecule has 0 aliphatic rings. The first-order chi connectivity index (χ1) is 9.43. The molecule has 0 aliphatic heterocycles. The summed E-state index contributed by atoms with van der Waals surface area (Å²) in [6.45, 7) is 2.11. The Bertz CT molecular complexity index is 529. The zero-order valence-corrected chi connectivity index (χ0v) is 10.8. The summed E-state index contributed by atoms with van der Waals surface area (Å²) in [6, 6.07) is 4.04. The van der Waals surface area contributed by atoms with Gasteiger partial charge in [-0.2, -0.15) is 0 Å². The van der Waals surface area contributed by atoms with Crippen molar-refractivity contribution in [1.29, 1.82) is 0 Å². The minimum absolute atomic E-state index is 0.00819. The van der Waals surface area contributed by atoms with Gasteiger partial charge >= 0.3 is 5.97 Å². The zero-order chi connectivity index (χ0) is 15.1. The number of aliphatic carboxylic acids is 1. The molecular weight excluding hydrogens is 268 g/mol. The van der Waals surface area contributed by atoms with E-state index in [1.54, 1.807) is 6.92 Å². The Balaban J connectivity index is 2.85. The van der Waals surface area contributed by atoms with Gasteiger partial charge in [-0.1, -0.05) is 0 Å². The van der Waals surface area contributed by atoms with Gasteiger partial charge in [-0.25, -0.2) is 0 Å². The molecule has 2 N–H and O–H groups in total. The third-order valence-electron chi connectivity index (χ3n) is 2.32. The maximum Gasteiger partial charge on any atom is 0.303 e. The van der Waals surface area contributed by atoms with Crippen molar-refractivity contribution in [3.63, 3.8) is 0 Å². The average molecular weight is 282 g/mol. The van der Waals surface area contributed by atoms with Crippen LogP contribution in [0.1, 0.15) is 19.8 Å². The predicted octanol–water partition coefficient (Wildman–Crippen LogP) is 1.80. The van der Waals surface area contributed by atoms with Crippen LogP contribution < -0.4 is 10.1 Å². The minimum Gasteiger partial charge on any atom is -0.494 e. The van der Waals surface area contributed by atoms with Crippen molar-refractivity contribution >= 4 is 23.3 Å². The van der Waals surface area contributed by atoms with Gasteiger partial charge < -0.3 is 15.2 Å². The van der Waals surface area contributed by atoms with E-state index >= 15 is 0 Å².